The van der Waals surface area contributed by atoms with Crippen molar-refractivity contribution in [1.82, 2.24) is 30.2 Å². The summed E-state index contributed by atoms with van der Waals surface area (Å²) in [7, 11) is 2.16. The summed E-state index contributed by atoms with van der Waals surface area (Å²) in [6, 6.07) is -1.17. The molecule has 0 aromatic carbocycles. The molecule has 3 aliphatic carbocycles. The number of halogens is 1. The van der Waals surface area contributed by atoms with E-state index in [1.54, 1.807) is 4.90 Å². The molecule has 4 saturated heterocycles. The molecule has 12 nitrogen and oxygen atoms in total. The minimum Gasteiger partial charge on any atom is -0.444 e. The van der Waals surface area contributed by atoms with Crippen molar-refractivity contribution in [2.45, 2.75) is 139 Å². The van der Waals surface area contributed by atoms with Crippen LogP contribution in [0.15, 0.2) is 11.8 Å². The van der Waals surface area contributed by atoms with Crippen molar-refractivity contribution >= 4 is 17.8 Å². The highest BCUT2D eigenvalue weighted by Gasteiger charge is 2.61. The maximum absolute atomic E-state index is 16.5. The Bertz CT molecular complexity index is 1380. The van der Waals surface area contributed by atoms with Crippen LogP contribution in [0.2, 0.25) is 0 Å². The number of hydrogen-bond donors (Lipinski definition) is 2. The third-order valence-electron chi connectivity index (χ3n) is 13.5. The van der Waals surface area contributed by atoms with E-state index in [0.717, 1.165) is 58.4 Å². The molecular weight excluding hydrogens is 667 g/mol. The van der Waals surface area contributed by atoms with Gasteiger partial charge in [0.15, 0.2) is 5.78 Å². The van der Waals surface area contributed by atoms with Crippen LogP contribution in [0.25, 0.3) is 0 Å². The van der Waals surface area contributed by atoms with Crippen molar-refractivity contribution in [3.63, 3.8) is 0 Å². The Labute approximate surface area is 308 Å². The molecule has 290 valence electrons. The van der Waals surface area contributed by atoms with Crippen molar-refractivity contribution in [2.75, 3.05) is 59.4 Å². The third kappa shape index (κ3) is 7.25. The molecule has 0 spiro atoms. The Hall–Kier alpha value is -2.32. The normalized spacial score (nSPS) is 40.7. The predicted octanol–water partition coefficient (Wildman–Crippen LogP) is 2.71. The SMILES string of the molecule is CN1CCN(CCCNC2C(F)CC3C(=O)C(C(=O)N4CCC(NC(=O)OC(C)(C)C)C4)=CN4C5CC6OC7CCCCC7C6CC5OC2C34)CC1. The van der Waals surface area contributed by atoms with E-state index in [-0.39, 0.29) is 54.0 Å². The molecule has 5 heterocycles. The molecule has 0 aromatic rings. The Morgan fingerprint density at radius 2 is 1.75 bits per heavy atom. The molecule has 12 unspecified atom stereocenters. The van der Waals surface area contributed by atoms with Gasteiger partial charge in [0.25, 0.3) is 5.91 Å². The van der Waals surface area contributed by atoms with Crippen LogP contribution >= 0.6 is 0 Å². The second-order valence-corrected chi connectivity index (χ2v) is 18.1. The summed E-state index contributed by atoms with van der Waals surface area (Å²) < 4.78 is 35.7. The number of ketones is 1. The lowest BCUT2D eigenvalue weighted by Crippen LogP contribution is -2.73. The van der Waals surface area contributed by atoms with Gasteiger partial charge in [-0.3, -0.25) is 9.59 Å². The first-order valence-electron chi connectivity index (χ1n) is 20.3. The highest BCUT2D eigenvalue weighted by molar-refractivity contribution is 6.20. The maximum Gasteiger partial charge on any atom is 0.407 e. The summed E-state index contributed by atoms with van der Waals surface area (Å²) in [6.07, 6.45) is 7.82. The van der Waals surface area contributed by atoms with Crippen LogP contribution in [-0.4, -0.2) is 157 Å². The van der Waals surface area contributed by atoms with Crippen molar-refractivity contribution in [1.29, 1.82) is 0 Å². The Balaban J connectivity index is 1.01. The molecule has 7 fully saturated rings. The van der Waals surface area contributed by atoms with E-state index in [9.17, 15) is 14.4 Å². The lowest BCUT2D eigenvalue weighted by Gasteiger charge is -2.60. The highest BCUT2D eigenvalue weighted by atomic mass is 19.1. The van der Waals surface area contributed by atoms with Gasteiger partial charge in [0.1, 0.15) is 11.8 Å². The monoisotopic (exact) mass is 728 g/mol. The molecule has 8 aliphatic rings. The van der Waals surface area contributed by atoms with E-state index in [1.165, 1.54) is 19.3 Å². The fourth-order valence-corrected chi connectivity index (χ4v) is 11.0. The number of fused-ring (bicyclic) bond motifs is 5. The molecule has 52 heavy (non-hydrogen) atoms. The van der Waals surface area contributed by atoms with Crippen LogP contribution in [0.3, 0.4) is 0 Å². The van der Waals surface area contributed by atoms with E-state index in [1.807, 2.05) is 27.0 Å². The zero-order valence-corrected chi connectivity index (χ0v) is 31.6. The maximum atomic E-state index is 16.5. The molecule has 2 amide bonds. The van der Waals surface area contributed by atoms with Crippen molar-refractivity contribution in [3.05, 3.63) is 11.8 Å². The number of carbonyl (C=O) groups excluding carboxylic acids is 3. The van der Waals surface area contributed by atoms with Gasteiger partial charge in [0.05, 0.1) is 54.2 Å². The number of rotatable bonds is 7. The van der Waals surface area contributed by atoms with Gasteiger partial charge >= 0.3 is 6.09 Å². The molecule has 8 rings (SSSR count). The Morgan fingerprint density at radius 3 is 2.54 bits per heavy atom. The molecule has 0 bridgehead atoms. The molecule has 0 radical (unpaired) electrons. The van der Waals surface area contributed by atoms with Crippen LogP contribution in [0.1, 0.15) is 78.6 Å². The first-order valence-corrected chi connectivity index (χ1v) is 20.3. The number of hydrogen-bond acceptors (Lipinski definition) is 10. The molecule has 2 N–H and O–H groups in total. The predicted molar refractivity (Wildman–Crippen MR) is 192 cm³/mol. The molecule has 13 heteroatoms. The number of likely N-dealkylation sites (N-methyl/N-ethyl adjacent to an activating group) is 1. The lowest BCUT2D eigenvalue weighted by atomic mass is 9.67. The summed E-state index contributed by atoms with van der Waals surface area (Å²) in [5, 5.41) is 6.47. The number of Topliss-reactive ketones (excluding diaryl/α,β-unsaturated/α-hetero) is 1. The molecular formula is C39H61FN6O6. The average molecular weight is 729 g/mol. The number of ether oxygens (including phenoxy) is 3. The third-order valence-corrected chi connectivity index (χ3v) is 13.5. The first kappa shape index (κ1) is 36.6. The molecule has 5 aliphatic heterocycles. The number of piperazine rings is 1. The number of amides is 2. The summed E-state index contributed by atoms with van der Waals surface area (Å²) in [4.78, 5) is 49.7. The van der Waals surface area contributed by atoms with Crippen LogP contribution < -0.4 is 10.6 Å². The topological polar surface area (TPSA) is 116 Å². The van der Waals surface area contributed by atoms with Crippen LogP contribution in [0.5, 0.6) is 0 Å². The van der Waals surface area contributed by atoms with Gasteiger partial charge in [-0.15, -0.1) is 0 Å². The number of morpholine rings is 1. The number of carbonyl (C=O) groups is 3. The van der Waals surface area contributed by atoms with E-state index in [2.05, 4.69) is 32.4 Å². The average Bonchev–Trinajstić information content (AvgIpc) is 3.71. The van der Waals surface area contributed by atoms with E-state index in [4.69, 9.17) is 14.2 Å². The van der Waals surface area contributed by atoms with Crippen molar-refractivity contribution in [2.24, 2.45) is 17.8 Å². The standard InChI is InChI=1S/C39H61FN6O6/c1-39(2,3)52-38(49)42-23-10-13-45(21-23)37(48)27-22-46-29-20-31-25(24-8-5-6-9-30(24)50-31)19-32(29)51-36-33(28(40)18-26(34(36)46)35(27)47)41-11-7-12-44-16-14-43(4)15-17-44/h22-26,28-34,36,41H,5-21H2,1-4H3,(H,42,49). The van der Waals surface area contributed by atoms with Crippen molar-refractivity contribution in [3.8, 4) is 0 Å². The van der Waals surface area contributed by atoms with E-state index >= 15 is 4.39 Å². The van der Waals surface area contributed by atoms with Gasteiger partial charge in [-0.05, 0) is 97.7 Å². The largest absolute Gasteiger partial charge is 0.444 e. The molecule has 12 atom stereocenters. The number of nitrogens with one attached hydrogen (secondary N) is 2. The lowest BCUT2D eigenvalue weighted by molar-refractivity contribution is -0.209. The number of alkyl halides is 1. The second kappa shape index (κ2) is 14.7. The van der Waals surface area contributed by atoms with E-state index in [0.29, 0.717) is 44.0 Å². The summed E-state index contributed by atoms with van der Waals surface area (Å²) in [5.41, 5.74) is -0.497. The van der Waals surface area contributed by atoms with Gasteiger partial charge in [0.2, 0.25) is 0 Å². The quantitative estimate of drug-likeness (QED) is 0.300. The van der Waals surface area contributed by atoms with Crippen molar-refractivity contribution < 1.29 is 33.0 Å². The van der Waals surface area contributed by atoms with Crippen LogP contribution in [-0.2, 0) is 23.8 Å². The number of alkyl carbamates (subject to hydrolysis) is 1. The fraction of sp³-hybridized carbons (Fsp3) is 0.872. The van der Waals surface area contributed by atoms with Gasteiger partial charge in [-0.25, -0.2) is 9.18 Å². The zero-order valence-electron chi connectivity index (χ0n) is 31.6. The van der Waals surface area contributed by atoms with Crippen LogP contribution in [0, 0.1) is 17.8 Å². The highest BCUT2D eigenvalue weighted by Crippen LogP contribution is 2.52. The fourth-order valence-electron chi connectivity index (χ4n) is 11.0. The van der Waals surface area contributed by atoms with E-state index < -0.39 is 35.9 Å². The summed E-state index contributed by atoms with van der Waals surface area (Å²) in [5.74, 6) is -0.320. The smallest absolute Gasteiger partial charge is 0.407 e. The van der Waals surface area contributed by atoms with Gasteiger partial charge in [0, 0.05) is 51.4 Å². The minimum absolute atomic E-state index is 0.0461. The zero-order chi connectivity index (χ0) is 36.3. The minimum atomic E-state index is -1.27. The first-order chi connectivity index (χ1) is 24.9. The van der Waals surface area contributed by atoms with Gasteiger partial charge in [-0.1, -0.05) is 12.8 Å². The molecule has 3 saturated carbocycles. The Kier molecular flexibility index (Phi) is 10.4. The number of nitrogens with zero attached hydrogens (tertiary/aromatic N) is 4. The molecule has 0 aromatic heterocycles. The summed E-state index contributed by atoms with van der Waals surface area (Å²) >= 11 is 0. The van der Waals surface area contributed by atoms with Crippen LogP contribution in [0.4, 0.5) is 9.18 Å². The second-order valence-electron chi connectivity index (χ2n) is 18.1. The Morgan fingerprint density at radius 1 is 0.962 bits per heavy atom. The number of likely N-dealkylation sites (tertiary alicyclic amines) is 1. The summed E-state index contributed by atoms with van der Waals surface area (Å²) in [6.45, 7) is 12.1. The van der Waals surface area contributed by atoms with Gasteiger partial charge in [-0.2, -0.15) is 0 Å². The van der Waals surface area contributed by atoms with Gasteiger partial charge < -0.3 is 44.4 Å².